The van der Waals surface area contributed by atoms with E-state index in [1.165, 1.54) is 11.3 Å². The zero-order chi connectivity index (χ0) is 20.9. The van der Waals surface area contributed by atoms with E-state index in [-0.39, 0.29) is 18.4 Å². The number of hydrogen-bond acceptors (Lipinski definition) is 4. The maximum Gasteiger partial charge on any atom is 0.225 e. The molecule has 6 nitrogen and oxygen atoms in total. The predicted octanol–water partition coefficient (Wildman–Crippen LogP) is 3.68. The van der Waals surface area contributed by atoms with E-state index >= 15 is 0 Å². The molecule has 1 aliphatic rings. The standard InChI is InChI=1S/C24H27N3O3/c1-29-19-11-12-23(30-2)18(13-19)14-24(28)26-21-9-6-10-22-20(21)15-25-27(22)16-17-7-4-3-5-8-17/h3-5,7-8,11-13,15,21H,6,9-10,14,16H2,1-2H3,(H,26,28)/t21-/m1/s1. The first kappa shape index (κ1) is 20.0. The van der Waals surface area contributed by atoms with E-state index in [0.29, 0.717) is 11.5 Å². The summed E-state index contributed by atoms with van der Waals surface area (Å²) >= 11 is 0. The summed E-state index contributed by atoms with van der Waals surface area (Å²) < 4.78 is 12.8. The van der Waals surface area contributed by atoms with Crippen molar-refractivity contribution in [2.45, 2.75) is 38.3 Å². The van der Waals surface area contributed by atoms with Crippen LogP contribution in [0.15, 0.2) is 54.7 Å². The largest absolute Gasteiger partial charge is 0.497 e. The van der Waals surface area contributed by atoms with Crippen LogP contribution in [-0.2, 0) is 24.2 Å². The Hall–Kier alpha value is -3.28. The van der Waals surface area contributed by atoms with Gasteiger partial charge in [0, 0.05) is 16.8 Å². The quantitative estimate of drug-likeness (QED) is 0.651. The molecule has 2 aromatic carbocycles. The fraction of sp³-hybridized carbons (Fsp3) is 0.333. The van der Waals surface area contributed by atoms with E-state index < -0.39 is 0 Å². The summed E-state index contributed by atoms with van der Waals surface area (Å²) in [6.45, 7) is 0.748. The van der Waals surface area contributed by atoms with Crippen LogP contribution in [0.25, 0.3) is 0 Å². The van der Waals surface area contributed by atoms with Gasteiger partial charge in [0.2, 0.25) is 5.91 Å². The molecule has 3 aromatic rings. The summed E-state index contributed by atoms with van der Waals surface area (Å²) in [4.78, 5) is 12.8. The molecule has 1 aromatic heterocycles. The number of methoxy groups -OCH3 is 2. The Balaban J connectivity index is 1.47. The smallest absolute Gasteiger partial charge is 0.225 e. The number of carbonyl (C=O) groups is 1. The lowest BCUT2D eigenvalue weighted by Crippen LogP contribution is -2.32. The lowest BCUT2D eigenvalue weighted by Gasteiger charge is -2.24. The number of carbonyl (C=O) groups excluding carboxylic acids is 1. The van der Waals surface area contributed by atoms with Crippen LogP contribution in [0.3, 0.4) is 0 Å². The Morgan fingerprint density at radius 2 is 2.00 bits per heavy atom. The van der Waals surface area contributed by atoms with Gasteiger partial charge in [0.1, 0.15) is 11.5 Å². The minimum Gasteiger partial charge on any atom is -0.497 e. The SMILES string of the molecule is COc1ccc(OC)c(CC(=O)N[C@@H]2CCCc3c2cnn3Cc2ccccc2)c1. The molecule has 1 heterocycles. The van der Waals surface area contributed by atoms with E-state index in [2.05, 4.69) is 27.2 Å². The number of ether oxygens (including phenoxy) is 2. The Morgan fingerprint density at radius 1 is 1.17 bits per heavy atom. The van der Waals surface area contributed by atoms with Crippen LogP contribution in [0.4, 0.5) is 0 Å². The maximum absolute atomic E-state index is 12.8. The Bertz CT molecular complexity index is 1010. The predicted molar refractivity (Wildman–Crippen MR) is 115 cm³/mol. The van der Waals surface area contributed by atoms with Gasteiger partial charge < -0.3 is 14.8 Å². The van der Waals surface area contributed by atoms with Gasteiger partial charge in [0.05, 0.1) is 39.4 Å². The molecular formula is C24H27N3O3. The molecule has 6 heteroatoms. The molecule has 1 N–H and O–H groups in total. The van der Waals surface area contributed by atoms with E-state index in [4.69, 9.17) is 9.47 Å². The van der Waals surface area contributed by atoms with Crippen molar-refractivity contribution in [3.63, 3.8) is 0 Å². The number of nitrogens with zero attached hydrogens (tertiary/aromatic N) is 2. The first-order chi connectivity index (χ1) is 14.7. The minimum absolute atomic E-state index is 0.0117. The van der Waals surface area contributed by atoms with Gasteiger partial charge >= 0.3 is 0 Å². The summed E-state index contributed by atoms with van der Waals surface area (Å²) in [5.41, 5.74) is 4.38. The maximum atomic E-state index is 12.8. The molecule has 156 valence electrons. The zero-order valence-corrected chi connectivity index (χ0v) is 17.4. The Morgan fingerprint density at radius 3 is 2.77 bits per heavy atom. The second-order valence-electron chi connectivity index (χ2n) is 7.56. The fourth-order valence-corrected chi connectivity index (χ4v) is 4.10. The number of rotatable bonds is 7. The van der Waals surface area contributed by atoms with Gasteiger partial charge in [-0.1, -0.05) is 30.3 Å². The van der Waals surface area contributed by atoms with Gasteiger partial charge in [-0.3, -0.25) is 9.48 Å². The molecule has 0 bridgehead atoms. The van der Waals surface area contributed by atoms with Crippen LogP contribution >= 0.6 is 0 Å². The fourth-order valence-electron chi connectivity index (χ4n) is 4.10. The topological polar surface area (TPSA) is 65.4 Å². The summed E-state index contributed by atoms with van der Waals surface area (Å²) in [5, 5.41) is 7.81. The molecule has 0 saturated carbocycles. The van der Waals surface area contributed by atoms with E-state index in [1.54, 1.807) is 14.2 Å². The first-order valence-electron chi connectivity index (χ1n) is 10.3. The van der Waals surface area contributed by atoms with Crippen LogP contribution in [0.5, 0.6) is 11.5 Å². The molecule has 1 atom stereocenters. The van der Waals surface area contributed by atoms with Crippen molar-refractivity contribution >= 4 is 5.91 Å². The number of nitrogens with one attached hydrogen (secondary N) is 1. The van der Waals surface area contributed by atoms with Crippen molar-refractivity contribution in [2.24, 2.45) is 0 Å². The molecule has 0 saturated heterocycles. The highest BCUT2D eigenvalue weighted by Gasteiger charge is 2.26. The third-order valence-corrected chi connectivity index (χ3v) is 5.61. The van der Waals surface area contributed by atoms with Crippen molar-refractivity contribution in [1.29, 1.82) is 0 Å². The molecule has 0 fully saturated rings. The first-order valence-corrected chi connectivity index (χ1v) is 10.3. The molecule has 0 radical (unpaired) electrons. The lowest BCUT2D eigenvalue weighted by molar-refractivity contribution is -0.121. The van der Waals surface area contributed by atoms with Crippen molar-refractivity contribution in [3.05, 3.63) is 77.1 Å². The zero-order valence-electron chi connectivity index (χ0n) is 17.4. The third-order valence-electron chi connectivity index (χ3n) is 5.61. The van der Waals surface area contributed by atoms with E-state index in [9.17, 15) is 4.79 Å². The normalized spacial score (nSPS) is 15.3. The van der Waals surface area contributed by atoms with Gasteiger partial charge in [0.15, 0.2) is 0 Å². The molecule has 0 aliphatic heterocycles. The minimum atomic E-state index is -0.0322. The van der Waals surface area contributed by atoms with Crippen LogP contribution < -0.4 is 14.8 Å². The molecule has 0 unspecified atom stereocenters. The average Bonchev–Trinajstić information content (AvgIpc) is 3.18. The van der Waals surface area contributed by atoms with Crippen LogP contribution in [0.1, 0.15) is 41.3 Å². The van der Waals surface area contributed by atoms with Crippen LogP contribution in [-0.4, -0.2) is 29.9 Å². The number of amides is 1. The van der Waals surface area contributed by atoms with Crippen molar-refractivity contribution < 1.29 is 14.3 Å². The average molecular weight is 405 g/mol. The highest BCUT2D eigenvalue weighted by molar-refractivity contribution is 5.80. The number of aromatic nitrogens is 2. The van der Waals surface area contributed by atoms with Gasteiger partial charge in [0.25, 0.3) is 0 Å². The second-order valence-corrected chi connectivity index (χ2v) is 7.56. The van der Waals surface area contributed by atoms with Gasteiger partial charge in [-0.15, -0.1) is 0 Å². The van der Waals surface area contributed by atoms with Gasteiger partial charge in [-0.25, -0.2) is 0 Å². The third kappa shape index (κ3) is 4.32. The molecule has 1 aliphatic carbocycles. The molecule has 30 heavy (non-hydrogen) atoms. The van der Waals surface area contributed by atoms with E-state index in [1.807, 2.05) is 42.6 Å². The molecule has 4 rings (SSSR count). The van der Waals surface area contributed by atoms with Crippen molar-refractivity contribution in [2.75, 3.05) is 14.2 Å². The highest BCUT2D eigenvalue weighted by atomic mass is 16.5. The summed E-state index contributed by atoms with van der Waals surface area (Å²) in [7, 11) is 3.22. The molecule has 1 amide bonds. The molecular weight excluding hydrogens is 378 g/mol. The van der Waals surface area contributed by atoms with Crippen LogP contribution in [0.2, 0.25) is 0 Å². The summed E-state index contributed by atoms with van der Waals surface area (Å²) in [6, 6.07) is 15.8. The second kappa shape index (κ2) is 9.03. The Labute approximate surface area is 176 Å². The van der Waals surface area contributed by atoms with Crippen molar-refractivity contribution in [3.8, 4) is 11.5 Å². The molecule has 0 spiro atoms. The Kier molecular flexibility index (Phi) is 6.02. The van der Waals surface area contributed by atoms with Crippen molar-refractivity contribution in [1.82, 2.24) is 15.1 Å². The number of benzene rings is 2. The number of hydrogen-bond donors (Lipinski definition) is 1. The monoisotopic (exact) mass is 405 g/mol. The van der Waals surface area contributed by atoms with Crippen LogP contribution in [0, 0.1) is 0 Å². The summed E-state index contributed by atoms with van der Waals surface area (Å²) in [6.07, 6.45) is 5.09. The van der Waals surface area contributed by atoms with Gasteiger partial charge in [-0.2, -0.15) is 5.10 Å². The van der Waals surface area contributed by atoms with Gasteiger partial charge in [-0.05, 0) is 43.0 Å². The number of fused-ring (bicyclic) bond motifs is 1. The summed E-state index contributed by atoms with van der Waals surface area (Å²) in [5.74, 6) is 1.36. The lowest BCUT2D eigenvalue weighted by atomic mass is 9.92. The van der Waals surface area contributed by atoms with E-state index in [0.717, 1.165) is 36.9 Å². The highest BCUT2D eigenvalue weighted by Crippen LogP contribution is 2.30.